The van der Waals surface area contributed by atoms with Crippen molar-refractivity contribution in [2.45, 2.75) is 6.18 Å². The number of ketones is 1. The van der Waals surface area contributed by atoms with E-state index in [2.05, 4.69) is 0 Å². The van der Waals surface area contributed by atoms with Crippen LogP contribution in [0.5, 0.6) is 0 Å². The van der Waals surface area contributed by atoms with E-state index >= 15 is 0 Å². The minimum atomic E-state index is -4.37. The van der Waals surface area contributed by atoms with Crippen molar-refractivity contribution < 1.29 is 35.0 Å². The molecule has 3 rings (SSSR count). The van der Waals surface area contributed by atoms with Crippen molar-refractivity contribution in [1.82, 2.24) is 0 Å². The number of hydrogen-bond acceptors (Lipinski definition) is 1. The number of hydrogen-bond donors (Lipinski definition) is 0. The molecule has 0 spiro atoms. The second-order valence-electron chi connectivity index (χ2n) is 4.54. The fourth-order valence-electron chi connectivity index (χ4n) is 1.82. The molecule has 10 radical (unpaired) electrons. The van der Waals surface area contributed by atoms with Crippen LogP contribution in [0, 0.1) is 63.7 Å². The molecule has 0 amide bonds. The standard InChI is InChI=1S/C13H8F3O.C5H5.Fe/c14-13(15,16)11-7-5-10(6-8-11)12(17)9-3-1-2-4-9;1-2-4-5-3-1;/h1-8H;1-5H;/q;;+2. The van der Waals surface area contributed by atoms with Crippen molar-refractivity contribution in [2.24, 2.45) is 0 Å². The van der Waals surface area contributed by atoms with E-state index < -0.39 is 11.7 Å². The van der Waals surface area contributed by atoms with Crippen LogP contribution in [0.25, 0.3) is 0 Å². The van der Waals surface area contributed by atoms with Crippen LogP contribution in [-0.4, -0.2) is 5.78 Å². The number of halogens is 3. The smallest absolute Gasteiger partial charge is 0.293 e. The predicted molar refractivity (Wildman–Crippen MR) is 77.7 cm³/mol. The molecule has 0 unspecified atom stereocenters. The van der Waals surface area contributed by atoms with Gasteiger partial charge in [0.2, 0.25) is 0 Å². The van der Waals surface area contributed by atoms with Crippen LogP contribution in [0.3, 0.4) is 0 Å². The Bertz CT molecular complexity index is 464. The molecule has 1 aromatic rings. The van der Waals surface area contributed by atoms with Gasteiger partial charge >= 0.3 is 23.2 Å². The maximum Gasteiger partial charge on any atom is 2.00 e. The number of carbonyl (C=O) groups excluding carboxylic acids is 1. The zero-order valence-corrected chi connectivity index (χ0v) is 13.0. The van der Waals surface area contributed by atoms with Crippen LogP contribution in [0.4, 0.5) is 13.2 Å². The molecule has 0 N–H and O–H groups in total. The molecule has 1 nitrogen and oxygen atoms in total. The second-order valence-corrected chi connectivity index (χ2v) is 4.54. The summed E-state index contributed by atoms with van der Waals surface area (Å²) in [6.45, 7) is 0. The largest absolute Gasteiger partial charge is 2.00 e. The van der Waals surface area contributed by atoms with E-state index in [1.54, 1.807) is 25.7 Å². The first-order chi connectivity index (χ1) is 10.5. The van der Waals surface area contributed by atoms with Gasteiger partial charge in [0.25, 0.3) is 0 Å². The fraction of sp³-hybridized carbons (Fsp3) is 0.0556. The predicted octanol–water partition coefficient (Wildman–Crippen LogP) is 4.31. The minimum absolute atomic E-state index is 0. The molecule has 0 aromatic heterocycles. The monoisotopic (exact) mass is 358 g/mol. The number of alkyl halides is 3. The van der Waals surface area contributed by atoms with Crippen LogP contribution in [0.15, 0.2) is 24.3 Å². The second kappa shape index (κ2) is 9.48. The summed E-state index contributed by atoms with van der Waals surface area (Å²) >= 11 is 0. The number of benzene rings is 1. The molecule has 0 aliphatic heterocycles. The Morgan fingerprint density at radius 3 is 1.57 bits per heavy atom. The average Bonchev–Trinajstić information content (AvgIpc) is 3.21. The zero-order valence-electron chi connectivity index (χ0n) is 11.9. The third kappa shape index (κ3) is 6.31. The quantitative estimate of drug-likeness (QED) is 0.569. The van der Waals surface area contributed by atoms with Crippen LogP contribution < -0.4 is 0 Å². The summed E-state index contributed by atoms with van der Waals surface area (Å²) < 4.78 is 36.9. The summed E-state index contributed by atoms with van der Waals surface area (Å²) in [7, 11) is 0. The van der Waals surface area contributed by atoms with Gasteiger partial charge in [-0.1, -0.05) is 12.1 Å². The van der Waals surface area contributed by atoms with Crippen LogP contribution in [-0.2, 0) is 23.2 Å². The van der Waals surface area contributed by atoms with E-state index in [1.807, 2.05) is 32.1 Å². The molecule has 0 heterocycles. The van der Waals surface area contributed by atoms with Crippen molar-refractivity contribution in [3.63, 3.8) is 0 Å². The summed E-state index contributed by atoms with van der Waals surface area (Å²) in [5, 5.41) is 0. The molecule has 0 saturated heterocycles. The van der Waals surface area contributed by atoms with Crippen LogP contribution >= 0.6 is 0 Å². The molecule has 0 bridgehead atoms. The first-order valence-corrected chi connectivity index (χ1v) is 6.59. The molecular formula is C18H13F3FeO+2. The Kier molecular flexibility index (Phi) is 8.35. The Labute approximate surface area is 146 Å². The van der Waals surface area contributed by atoms with Gasteiger partial charge in [-0.05, 0) is 69.9 Å². The van der Waals surface area contributed by atoms with Gasteiger partial charge in [0.1, 0.15) is 0 Å². The van der Waals surface area contributed by atoms with Crippen molar-refractivity contribution >= 4 is 5.78 Å². The van der Waals surface area contributed by atoms with Crippen molar-refractivity contribution in [3.8, 4) is 0 Å². The molecule has 23 heavy (non-hydrogen) atoms. The maximum atomic E-state index is 12.3. The Balaban J connectivity index is 0.000000377. The SMILES string of the molecule is O=C([C]1[CH][CH][CH][CH]1)c1ccc(C(F)(F)F)cc1.[CH]1[CH][CH][CH][CH]1.[Fe+2]. The third-order valence-electron chi connectivity index (χ3n) is 2.95. The van der Waals surface area contributed by atoms with Gasteiger partial charge < -0.3 is 0 Å². The maximum absolute atomic E-state index is 12.3. The van der Waals surface area contributed by atoms with Gasteiger partial charge in [-0.3, -0.25) is 4.79 Å². The van der Waals surface area contributed by atoms with E-state index in [-0.39, 0.29) is 28.4 Å². The molecule has 5 heteroatoms. The van der Waals surface area contributed by atoms with Crippen molar-refractivity contribution in [2.75, 3.05) is 0 Å². The molecule has 2 aliphatic rings. The Morgan fingerprint density at radius 2 is 1.17 bits per heavy atom. The summed E-state index contributed by atoms with van der Waals surface area (Å²) in [6, 6.07) is 4.21. The molecule has 2 aliphatic carbocycles. The topological polar surface area (TPSA) is 17.1 Å². The normalized spacial score (nSPS) is 18.0. The van der Waals surface area contributed by atoms with Gasteiger partial charge in [-0.15, -0.1) is 0 Å². The van der Waals surface area contributed by atoms with Gasteiger partial charge in [0.05, 0.1) is 11.5 Å². The summed E-state index contributed by atoms with van der Waals surface area (Å²) in [6.07, 6.45) is 12.3. The Hall–Kier alpha value is -0.801. The van der Waals surface area contributed by atoms with Gasteiger partial charge in [-0.25, -0.2) is 0 Å². The van der Waals surface area contributed by atoms with Gasteiger partial charge in [0, 0.05) is 5.56 Å². The van der Waals surface area contributed by atoms with E-state index in [1.165, 1.54) is 12.1 Å². The molecular weight excluding hydrogens is 345 g/mol. The first kappa shape index (κ1) is 20.2. The van der Waals surface area contributed by atoms with Crippen LogP contribution in [0.1, 0.15) is 15.9 Å². The number of carbonyl (C=O) groups is 1. The molecule has 2 saturated carbocycles. The van der Waals surface area contributed by atoms with Gasteiger partial charge in [-0.2, -0.15) is 13.2 Å². The van der Waals surface area contributed by atoms with E-state index in [0.29, 0.717) is 5.92 Å². The molecule has 0 atom stereocenters. The van der Waals surface area contributed by atoms with E-state index in [9.17, 15) is 18.0 Å². The first-order valence-electron chi connectivity index (χ1n) is 6.59. The van der Waals surface area contributed by atoms with Crippen molar-refractivity contribution in [1.29, 1.82) is 0 Å². The summed E-state index contributed by atoms with van der Waals surface area (Å²) in [5.41, 5.74) is -0.499. The summed E-state index contributed by atoms with van der Waals surface area (Å²) in [4.78, 5) is 11.8. The fourth-order valence-corrected chi connectivity index (χ4v) is 1.82. The third-order valence-corrected chi connectivity index (χ3v) is 2.95. The molecule has 1 aromatic carbocycles. The van der Waals surface area contributed by atoms with Crippen LogP contribution in [0.2, 0.25) is 0 Å². The molecule has 118 valence electrons. The van der Waals surface area contributed by atoms with E-state index in [4.69, 9.17) is 0 Å². The molecule has 2 fully saturated rings. The van der Waals surface area contributed by atoms with Gasteiger partial charge in [0.15, 0.2) is 5.78 Å². The number of Topliss-reactive ketones (excluding diaryl/α,β-unsaturated/α-hetero) is 1. The minimum Gasteiger partial charge on any atom is -0.293 e. The zero-order chi connectivity index (χ0) is 16.0. The summed E-state index contributed by atoms with van der Waals surface area (Å²) in [5.74, 6) is 0.202. The average molecular weight is 358 g/mol. The van der Waals surface area contributed by atoms with Crippen molar-refractivity contribution in [3.05, 3.63) is 99.1 Å². The van der Waals surface area contributed by atoms with E-state index in [0.717, 1.165) is 12.1 Å². The number of rotatable bonds is 2. The Morgan fingerprint density at radius 1 is 0.739 bits per heavy atom.